The van der Waals surface area contributed by atoms with Gasteiger partial charge < -0.3 is 19.3 Å². The number of hydrazine groups is 1. The molecule has 11 nitrogen and oxygen atoms in total. The summed E-state index contributed by atoms with van der Waals surface area (Å²) in [7, 11) is 1.52. The van der Waals surface area contributed by atoms with Crippen LogP contribution >= 0.6 is 0 Å². The third kappa shape index (κ3) is 7.67. The fourth-order valence-corrected chi connectivity index (χ4v) is 5.18. The summed E-state index contributed by atoms with van der Waals surface area (Å²) in [5.74, 6) is -0.841. The van der Waals surface area contributed by atoms with Gasteiger partial charge in [0.1, 0.15) is 23.1 Å². The zero-order valence-corrected chi connectivity index (χ0v) is 25.4. The Kier molecular flexibility index (Phi) is 10.6. The van der Waals surface area contributed by atoms with E-state index < -0.39 is 29.2 Å². The molecule has 2 atom stereocenters. The molecule has 0 bridgehead atoms. The Bertz CT molecular complexity index is 1800. The standard InChI is InChI=1S/C34H32F2N6O5/c1-45-28-8-4-7-23(18-28)31-34(20-24-6-2-3-9-30(24)40-42-37,33(44)41-38-21-25-10-13-26(35)19-29(25)36)39-32(47-31)22-11-14-27(15-12-22)46-17-5-16-43/h2-4,6-15,18-19,31,38,43H,5,16-17,20-21H2,1H3,(H,41,44)/t31-,34-/m0/s1. The number of benzene rings is 4. The van der Waals surface area contributed by atoms with Crippen LogP contribution in [-0.2, 0) is 22.5 Å². The van der Waals surface area contributed by atoms with Crippen LogP contribution in [0.3, 0.4) is 0 Å². The van der Waals surface area contributed by atoms with Crippen LogP contribution < -0.4 is 20.3 Å². The first-order valence-electron chi connectivity index (χ1n) is 14.7. The van der Waals surface area contributed by atoms with Crippen molar-refractivity contribution in [1.82, 2.24) is 10.9 Å². The van der Waals surface area contributed by atoms with Gasteiger partial charge in [-0.05, 0) is 59.1 Å². The molecule has 0 saturated heterocycles. The lowest BCUT2D eigenvalue weighted by Crippen LogP contribution is -2.53. The van der Waals surface area contributed by atoms with Crippen molar-refractivity contribution in [1.29, 1.82) is 0 Å². The molecule has 13 heteroatoms. The SMILES string of the molecule is COc1cccc([C@@H]2OC(c3ccc(OCCCO)cc3)=N[C@]2(Cc2ccccc2N=[N+]=[N-])C(=O)NNCc2ccc(F)cc2F)c1. The van der Waals surface area contributed by atoms with Crippen molar-refractivity contribution in [2.75, 3.05) is 20.3 Å². The van der Waals surface area contributed by atoms with Crippen LogP contribution in [-0.4, -0.2) is 42.8 Å². The van der Waals surface area contributed by atoms with E-state index in [4.69, 9.17) is 24.3 Å². The van der Waals surface area contributed by atoms with Gasteiger partial charge in [0.25, 0.3) is 5.91 Å². The molecule has 0 spiro atoms. The molecule has 0 fully saturated rings. The van der Waals surface area contributed by atoms with Crippen molar-refractivity contribution in [2.24, 2.45) is 10.1 Å². The van der Waals surface area contributed by atoms with E-state index in [9.17, 15) is 19.1 Å². The topological polar surface area (TPSA) is 150 Å². The molecule has 47 heavy (non-hydrogen) atoms. The largest absolute Gasteiger partial charge is 0.497 e. The second-order valence-electron chi connectivity index (χ2n) is 10.6. The minimum Gasteiger partial charge on any atom is -0.497 e. The fourth-order valence-electron chi connectivity index (χ4n) is 5.18. The van der Waals surface area contributed by atoms with Crippen LogP contribution in [0.1, 0.15) is 34.8 Å². The molecular formula is C34H32F2N6O5. The molecule has 3 N–H and O–H groups in total. The van der Waals surface area contributed by atoms with E-state index in [-0.39, 0.29) is 31.0 Å². The molecule has 0 aliphatic carbocycles. The van der Waals surface area contributed by atoms with Gasteiger partial charge in [0, 0.05) is 53.8 Å². The second-order valence-corrected chi connectivity index (χ2v) is 10.6. The molecule has 4 aromatic rings. The molecule has 1 aliphatic heterocycles. The average molecular weight is 643 g/mol. The smallest absolute Gasteiger partial charge is 0.266 e. The van der Waals surface area contributed by atoms with Gasteiger partial charge in [-0.25, -0.2) is 19.2 Å². The normalized spacial score (nSPS) is 16.9. The first kappa shape index (κ1) is 32.9. The van der Waals surface area contributed by atoms with Crippen LogP contribution in [0.4, 0.5) is 14.5 Å². The van der Waals surface area contributed by atoms with Crippen LogP contribution in [0.15, 0.2) is 101 Å². The molecule has 242 valence electrons. The van der Waals surface area contributed by atoms with Crippen molar-refractivity contribution in [3.63, 3.8) is 0 Å². The number of ether oxygens (including phenoxy) is 3. The van der Waals surface area contributed by atoms with Crippen molar-refractivity contribution in [2.45, 2.75) is 31.0 Å². The van der Waals surface area contributed by atoms with Gasteiger partial charge in [-0.1, -0.05) is 47.6 Å². The van der Waals surface area contributed by atoms with E-state index in [0.717, 1.165) is 12.1 Å². The number of rotatable bonds is 14. The van der Waals surface area contributed by atoms with Gasteiger partial charge in [0.15, 0.2) is 11.6 Å². The maximum atomic E-state index is 14.4. The van der Waals surface area contributed by atoms with E-state index in [1.165, 1.54) is 13.2 Å². The number of aliphatic hydroxyl groups is 1. The Labute approximate surface area is 269 Å². The zero-order valence-electron chi connectivity index (χ0n) is 25.4. The molecule has 0 saturated carbocycles. The van der Waals surface area contributed by atoms with Crippen LogP contribution in [0.5, 0.6) is 11.5 Å². The highest BCUT2D eigenvalue weighted by atomic mass is 19.1. The number of halogens is 2. The van der Waals surface area contributed by atoms with Crippen LogP contribution in [0, 0.1) is 11.6 Å². The summed E-state index contributed by atoms with van der Waals surface area (Å²) >= 11 is 0. The van der Waals surface area contributed by atoms with Crippen molar-refractivity contribution >= 4 is 17.5 Å². The zero-order chi connectivity index (χ0) is 33.2. The van der Waals surface area contributed by atoms with Crippen molar-refractivity contribution < 1.29 is 32.9 Å². The lowest BCUT2D eigenvalue weighted by atomic mass is 9.81. The summed E-state index contributed by atoms with van der Waals surface area (Å²) in [5.41, 5.74) is 15.1. The van der Waals surface area contributed by atoms with E-state index in [0.29, 0.717) is 46.9 Å². The Morgan fingerprint density at radius 1 is 1.04 bits per heavy atom. The molecule has 5 rings (SSSR count). The number of amides is 1. The number of nitrogens with zero attached hydrogens (tertiary/aromatic N) is 4. The lowest BCUT2D eigenvalue weighted by molar-refractivity contribution is -0.130. The van der Waals surface area contributed by atoms with Crippen molar-refractivity contribution in [3.8, 4) is 11.5 Å². The molecule has 1 amide bonds. The molecule has 1 aliphatic rings. The Balaban J connectivity index is 1.57. The maximum Gasteiger partial charge on any atom is 0.266 e. The number of carbonyl (C=O) groups excluding carboxylic acids is 1. The van der Waals surface area contributed by atoms with Gasteiger partial charge in [0.2, 0.25) is 5.90 Å². The van der Waals surface area contributed by atoms with Gasteiger partial charge >= 0.3 is 0 Å². The first-order valence-corrected chi connectivity index (χ1v) is 14.7. The summed E-state index contributed by atoms with van der Waals surface area (Å²) in [4.78, 5) is 22.3. The van der Waals surface area contributed by atoms with E-state index in [1.807, 2.05) is 0 Å². The highest BCUT2D eigenvalue weighted by molar-refractivity contribution is 6.01. The number of carbonyl (C=O) groups is 1. The minimum absolute atomic E-state index is 0.00897. The molecule has 0 unspecified atom stereocenters. The number of aliphatic imine (C=N–C) groups is 1. The molecule has 1 heterocycles. The predicted molar refractivity (Wildman–Crippen MR) is 170 cm³/mol. The molecule has 4 aromatic carbocycles. The quantitative estimate of drug-likeness (QED) is 0.0505. The minimum atomic E-state index is -1.69. The summed E-state index contributed by atoms with van der Waals surface area (Å²) in [6, 6.07) is 24.0. The van der Waals surface area contributed by atoms with Crippen LogP contribution in [0.2, 0.25) is 0 Å². The maximum absolute atomic E-state index is 14.4. The summed E-state index contributed by atoms with van der Waals surface area (Å²) in [5, 5.41) is 12.9. The molecular weight excluding hydrogens is 610 g/mol. The lowest BCUT2D eigenvalue weighted by Gasteiger charge is -2.31. The highest BCUT2D eigenvalue weighted by Gasteiger charge is 2.53. The first-order chi connectivity index (χ1) is 22.9. The molecule has 0 radical (unpaired) electrons. The Morgan fingerprint density at radius 2 is 1.85 bits per heavy atom. The number of nitrogens with one attached hydrogen (secondary N) is 2. The third-order valence-electron chi connectivity index (χ3n) is 7.53. The Hall–Kier alpha value is -5.49. The monoisotopic (exact) mass is 642 g/mol. The number of aliphatic hydroxyl groups excluding tert-OH is 1. The van der Waals surface area contributed by atoms with Gasteiger partial charge in [-0.2, -0.15) is 0 Å². The summed E-state index contributed by atoms with van der Waals surface area (Å²) in [6.45, 7) is 0.200. The number of hydrogen-bond donors (Lipinski definition) is 3. The third-order valence-corrected chi connectivity index (χ3v) is 7.53. The van der Waals surface area contributed by atoms with E-state index in [1.54, 1.807) is 72.8 Å². The van der Waals surface area contributed by atoms with Gasteiger partial charge in [-0.3, -0.25) is 10.2 Å². The van der Waals surface area contributed by atoms with E-state index in [2.05, 4.69) is 20.9 Å². The van der Waals surface area contributed by atoms with Gasteiger partial charge in [0.05, 0.1) is 13.7 Å². The van der Waals surface area contributed by atoms with Crippen LogP contribution in [0.25, 0.3) is 10.4 Å². The number of azide groups is 1. The van der Waals surface area contributed by atoms with Gasteiger partial charge in [-0.15, -0.1) is 0 Å². The number of methoxy groups -OCH3 is 1. The predicted octanol–water partition coefficient (Wildman–Crippen LogP) is 6.00. The number of hydrogen-bond acceptors (Lipinski definition) is 8. The second kappa shape index (κ2) is 15.2. The van der Waals surface area contributed by atoms with E-state index >= 15 is 0 Å². The van der Waals surface area contributed by atoms with Crippen molar-refractivity contribution in [3.05, 3.63) is 135 Å². The Morgan fingerprint density at radius 3 is 2.60 bits per heavy atom. The summed E-state index contributed by atoms with van der Waals surface area (Å²) in [6.07, 6.45) is -0.582. The molecule has 0 aromatic heterocycles. The summed E-state index contributed by atoms with van der Waals surface area (Å²) < 4.78 is 45.4. The average Bonchev–Trinajstić information content (AvgIpc) is 3.47. The fraction of sp³-hybridized carbons (Fsp3) is 0.235. The highest BCUT2D eigenvalue weighted by Crippen LogP contribution is 2.44.